The van der Waals surface area contributed by atoms with Gasteiger partial charge in [-0.3, -0.25) is 4.79 Å². The second-order valence-electron chi connectivity index (χ2n) is 5.81. The summed E-state index contributed by atoms with van der Waals surface area (Å²) >= 11 is 0. The molecule has 0 spiro atoms. The van der Waals surface area contributed by atoms with Gasteiger partial charge in [0, 0.05) is 24.7 Å². The molecule has 1 aliphatic rings. The Hall–Kier alpha value is -2.14. The monoisotopic (exact) mass is 313 g/mol. The first-order valence-corrected chi connectivity index (χ1v) is 8.26. The summed E-state index contributed by atoms with van der Waals surface area (Å²) in [5, 5.41) is 3.06. The molecule has 1 aromatic carbocycles. The third kappa shape index (κ3) is 3.79. The molecule has 0 bridgehead atoms. The summed E-state index contributed by atoms with van der Waals surface area (Å²) in [6.07, 6.45) is 8.10. The average Bonchev–Trinajstić information content (AvgIpc) is 3.00. The van der Waals surface area contributed by atoms with E-state index in [9.17, 15) is 4.79 Å². The molecule has 5 nitrogen and oxygen atoms in total. The molecule has 0 aliphatic heterocycles. The van der Waals surface area contributed by atoms with Crippen molar-refractivity contribution in [3.8, 4) is 0 Å². The van der Waals surface area contributed by atoms with Gasteiger partial charge < -0.3 is 14.6 Å². The number of rotatable bonds is 6. The minimum Gasteiger partial charge on any atom is -0.374 e. The molecule has 0 fully saturated rings. The number of nitrogens with one attached hydrogen (secondary N) is 1. The number of benzene rings is 1. The van der Waals surface area contributed by atoms with Crippen molar-refractivity contribution in [3.63, 3.8) is 0 Å². The van der Waals surface area contributed by atoms with E-state index in [1.54, 1.807) is 6.20 Å². The number of anilines is 1. The second kappa shape index (κ2) is 7.42. The highest BCUT2D eigenvalue weighted by molar-refractivity contribution is 5.91. The fraction of sp³-hybridized carbons (Fsp3) is 0.444. The number of carbonyl (C=O) groups excluding carboxylic acids is 1. The van der Waals surface area contributed by atoms with Gasteiger partial charge in [-0.2, -0.15) is 0 Å². The van der Waals surface area contributed by atoms with E-state index in [0.29, 0.717) is 13.2 Å². The van der Waals surface area contributed by atoms with Gasteiger partial charge in [0.25, 0.3) is 0 Å². The van der Waals surface area contributed by atoms with Crippen LogP contribution < -0.4 is 5.32 Å². The molecule has 1 aromatic heterocycles. The Bertz CT molecular complexity index is 679. The fourth-order valence-corrected chi connectivity index (χ4v) is 3.06. The van der Waals surface area contributed by atoms with Gasteiger partial charge in [-0.25, -0.2) is 4.98 Å². The fourth-order valence-electron chi connectivity index (χ4n) is 3.06. The summed E-state index contributed by atoms with van der Waals surface area (Å²) in [5.74, 6) is 0.747. The molecule has 23 heavy (non-hydrogen) atoms. The van der Waals surface area contributed by atoms with Gasteiger partial charge >= 0.3 is 0 Å². The summed E-state index contributed by atoms with van der Waals surface area (Å²) < 4.78 is 7.21. The van der Waals surface area contributed by atoms with Crippen LogP contribution in [0.3, 0.4) is 0 Å². The minimum atomic E-state index is -0.0280. The first-order chi connectivity index (χ1) is 11.3. The first-order valence-electron chi connectivity index (χ1n) is 8.26. The molecule has 5 heteroatoms. The lowest BCUT2D eigenvalue weighted by molar-refractivity contribution is -0.116. The van der Waals surface area contributed by atoms with Crippen LogP contribution in [0, 0.1) is 0 Å². The van der Waals surface area contributed by atoms with Crippen molar-refractivity contribution in [3.05, 3.63) is 47.5 Å². The molecule has 0 atom stereocenters. The van der Waals surface area contributed by atoms with E-state index in [1.165, 1.54) is 24.0 Å². The number of carbonyl (C=O) groups is 1. The lowest BCUT2D eigenvalue weighted by Crippen LogP contribution is -2.21. The van der Waals surface area contributed by atoms with E-state index in [-0.39, 0.29) is 12.5 Å². The largest absolute Gasteiger partial charge is 0.374 e. The number of fused-ring (bicyclic) bond motifs is 1. The number of hydrogen-bond acceptors (Lipinski definition) is 3. The maximum atomic E-state index is 12.4. The second-order valence-corrected chi connectivity index (χ2v) is 5.81. The normalized spacial score (nSPS) is 13.6. The molecule has 0 saturated heterocycles. The number of imidazole rings is 1. The van der Waals surface area contributed by atoms with E-state index in [4.69, 9.17) is 4.74 Å². The summed E-state index contributed by atoms with van der Waals surface area (Å²) in [7, 11) is 0. The van der Waals surface area contributed by atoms with Gasteiger partial charge in [0.1, 0.15) is 19.0 Å². The third-order valence-corrected chi connectivity index (χ3v) is 4.22. The molecule has 122 valence electrons. The molecule has 0 saturated carbocycles. The zero-order valence-electron chi connectivity index (χ0n) is 13.5. The van der Waals surface area contributed by atoms with Crippen LogP contribution in [0.15, 0.2) is 30.6 Å². The summed E-state index contributed by atoms with van der Waals surface area (Å²) in [6, 6.07) is 6.19. The maximum Gasteiger partial charge on any atom is 0.244 e. The van der Waals surface area contributed by atoms with Crippen LogP contribution in [0.1, 0.15) is 36.7 Å². The van der Waals surface area contributed by atoms with Crippen LogP contribution >= 0.6 is 0 Å². The van der Waals surface area contributed by atoms with Gasteiger partial charge in [0.15, 0.2) is 0 Å². The topological polar surface area (TPSA) is 56.2 Å². The standard InChI is InChI=1S/C18H23N3O2/c1-2-23-13-17-19-10-11-21(17)12-18(22)20-16-9-5-7-14-6-3-4-8-15(14)16/h5,7,9-11H,2-4,6,8,12-13H2,1H3,(H,20,22). The zero-order valence-corrected chi connectivity index (χ0v) is 13.5. The molecule has 2 aromatic rings. The van der Waals surface area contributed by atoms with Gasteiger partial charge in [0.05, 0.1) is 0 Å². The number of amides is 1. The van der Waals surface area contributed by atoms with E-state index in [0.717, 1.165) is 24.4 Å². The molecule has 0 radical (unpaired) electrons. The smallest absolute Gasteiger partial charge is 0.244 e. The maximum absolute atomic E-state index is 12.4. The van der Waals surface area contributed by atoms with Crippen LogP contribution in [0.4, 0.5) is 5.69 Å². The summed E-state index contributed by atoms with van der Waals surface area (Å²) in [5.41, 5.74) is 3.62. The van der Waals surface area contributed by atoms with Crippen molar-refractivity contribution >= 4 is 11.6 Å². The predicted molar refractivity (Wildman–Crippen MR) is 89.3 cm³/mol. The summed E-state index contributed by atoms with van der Waals surface area (Å²) in [6.45, 7) is 3.26. The predicted octanol–water partition coefficient (Wildman–Crippen LogP) is 2.94. The summed E-state index contributed by atoms with van der Waals surface area (Å²) in [4.78, 5) is 16.6. The minimum absolute atomic E-state index is 0.0280. The average molecular weight is 313 g/mol. The van der Waals surface area contributed by atoms with Crippen LogP contribution in [0.5, 0.6) is 0 Å². The van der Waals surface area contributed by atoms with Crippen LogP contribution in [-0.2, 0) is 35.5 Å². The van der Waals surface area contributed by atoms with E-state index in [1.807, 2.05) is 29.8 Å². The number of hydrogen-bond donors (Lipinski definition) is 1. The molecule has 1 aliphatic carbocycles. The number of aromatic nitrogens is 2. The van der Waals surface area contributed by atoms with Gasteiger partial charge in [-0.15, -0.1) is 0 Å². The Kier molecular flexibility index (Phi) is 5.08. The highest BCUT2D eigenvalue weighted by atomic mass is 16.5. The SMILES string of the molecule is CCOCc1nccn1CC(=O)Nc1cccc2c1CCCC2. The van der Waals surface area contributed by atoms with Crippen molar-refractivity contribution in [2.24, 2.45) is 0 Å². The zero-order chi connectivity index (χ0) is 16.1. The first kappa shape index (κ1) is 15.7. The lowest BCUT2D eigenvalue weighted by atomic mass is 9.90. The van der Waals surface area contributed by atoms with Crippen molar-refractivity contribution < 1.29 is 9.53 Å². The highest BCUT2D eigenvalue weighted by Gasteiger charge is 2.15. The Morgan fingerprint density at radius 3 is 3.09 bits per heavy atom. The molecular weight excluding hydrogens is 290 g/mol. The van der Waals surface area contributed by atoms with Crippen molar-refractivity contribution in [1.29, 1.82) is 0 Å². The molecule has 3 rings (SSSR count). The molecule has 0 unspecified atom stereocenters. The Morgan fingerprint density at radius 2 is 2.22 bits per heavy atom. The lowest BCUT2D eigenvalue weighted by Gasteiger charge is -2.19. The van der Waals surface area contributed by atoms with E-state index in [2.05, 4.69) is 16.4 Å². The number of ether oxygens (including phenoxy) is 1. The van der Waals surface area contributed by atoms with Crippen molar-refractivity contribution in [1.82, 2.24) is 9.55 Å². The van der Waals surface area contributed by atoms with E-state index >= 15 is 0 Å². The number of aryl methyl sites for hydroxylation is 1. The van der Waals surface area contributed by atoms with Crippen LogP contribution in [0.25, 0.3) is 0 Å². The highest BCUT2D eigenvalue weighted by Crippen LogP contribution is 2.27. The Morgan fingerprint density at radius 1 is 1.35 bits per heavy atom. The van der Waals surface area contributed by atoms with Crippen molar-refractivity contribution in [2.75, 3.05) is 11.9 Å². The quantitative estimate of drug-likeness (QED) is 0.892. The van der Waals surface area contributed by atoms with Gasteiger partial charge in [0.2, 0.25) is 5.91 Å². The van der Waals surface area contributed by atoms with Crippen molar-refractivity contribution in [2.45, 2.75) is 45.8 Å². The number of nitrogens with zero attached hydrogens (tertiary/aromatic N) is 2. The van der Waals surface area contributed by atoms with Crippen LogP contribution in [0.2, 0.25) is 0 Å². The Labute approximate surface area is 136 Å². The molecule has 1 amide bonds. The third-order valence-electron chi connectivity index (χ3n) is 4.22. The van der Waals surface area contributed by atoms with Crippen LogP contribution in [-0.4, -0.2) is 22.1 Å². The van der Waals surface area contributed by atoms with E-state index < -0.39 is 0 Å². The van der Waals surface area contributed by atoms with Gasteiger partial charge in [-0.05, 0) is 49.8 Å². The Balaban J connectivity index is 1.67. The molecule has 1 heterocycles. The van der Waals surface area contributed by atoms with Gasteiger partial charge in [-0.1, -0.05) is 12.1 Å². The molecule has 1 N–H and O–H groups in total. The molecular formula is C18H23N3O2.